The van der Waals surface area contributed by atoms with Crippen molar-refractivity contribution < 1.29 is 28.6 Å². The number of hydrogen-bond acceptors (Lipinski definition) is 6. The summed E-state index contributed by atoms with van der Waals surface area (Å²) >= 11 is 0. The topological polar surface area (TPSA) is 78.9 Å². The fraction of sp³-hybridized carbons (Fsp3) is 0.471. The van der Waals surface area contributed by atoms with Crippen molar-refractivity contribution in [2.45, 2.75) is 37.9 Å². The van der Waals surface area contributed by atoms with Gasteiger partial charge in [0.15, 0.2) is 0 Å². The van der Waals surface area contributed by atoms with Crippen molar-refractivity contribution in [3.63, 3.8) is 0 Å². The Hall–Kier alpha value is -2.37. The van der Waals surface area contributed by atoms with Crippen molar-refractivity contribution in [3.8, 4) is 5.75 Å². The molecular weight excluding hydrogens is 300 g/mol. The van der Waals surface area contributed by atoms with E-state index in [0.717, 1.165) is 0 Å². The van der Waals surface area contributed by atoms with Gasteiger partial charge in [-0.05, 0) is 25.0 Å². The molecule has 0 N–H and O–H groups in total. The van der Waals surface area contributed by atoms with Crippen molar-refractivity contribution in [3.05, 3.63) is 30.3 Å². The predicted octanol–water partition coefficient (Wildman–Crippen LogP) is 1.91. The van der Waals surface area contributed by atoms with E-state index in [1.807, 2.05) is 6.07 Å². The van der Waals surface area contributed by atoms with Crippen LogP contribution in [0, 0.1) is 5.92 Å². The molecule has 0 heterocycles. The Balaban J connectivity index is 2.28. The van der Waals surface area contributed by atoms with Gasteiger partial charge in [0.2, 0.25) is 5.60 Å². The van der Waals surface area contributed by atoms with Crippen LogP contribution in [0.3, 0.4) is 0 Å². The molecule has 0 aromatic heterocycles. The highest BCUT2D eigenvalue weighted by atomic mass is 16.6. The normalized spacial score (nSPS) is 26.9. The Morgan fingerprint density at radius 1 is 1.26 bits per heavy atom. The van der Waals surface area contributed by atoms with Gasteiger partial charge in [0.25, 0.3) is 0 Å². The first-order valence-electron chi connectivity index (χ1n) is 7.47. The van der Waals surface area contributed by atoms with Crippen molar-refractivity contribution in [1.82, 2.24) is 0 Å². The molecule has 0 saturated heterocycles. The number of carbonyl (C=O) groups is 3. The van der Waals surface area contributed by atoms with Crippen LogP contribution in [-0.4, -0.2) is 37.0 Å². The van der Waals surface area contributed by atoms with Crippen LogP contribution in [0.4, 0.5) is 0 Å². The average Bonchev–Trinajstić information content (AvgIpc) is 2.55. The van der Waals surface area contributed by atoms with Crippen LogP contribution in [0.1, 0.15) is 26.2 Å². The van der Waals surface area contributed by atoms with Crippen LogP contribution in [0.25, 0.3) is 0 Å². The van der Waals surface area contributed by atoms with Crippen LogP contribution < -0.4 is 4.74 Å². The SMILES string of the molecule is COC(=O)C1(Oc2ccccc2)CCC(OC(C)=O)CC1C=O. The molecule has 1 fully saturated rings. The Morgan fingerprint density at radius 3 is 2.52 bits per heavy atom. The summed E-state index contributed by atoms with van der Waals surface area (Å²) in [5, 5.41) is 0. The minimum atomic E-state index is -1.39. The van der Waals surface area contributed by atoms with E-state index in [1.54, 1.807) is 24.3 Å². The highest BCUT2D eigenvalue weighted by molar-refractivity contribution is 5.84. The van der Waals surface area contributed by atoms with E-state index in [2.05, 4.69) is 0 Å². The number of esters is 2. The zero-order chi connectivity index (χ0) is 16.9. The Kier molecular flexibility index (Phi) is 5.36. The van der Waals surface area contributed by atoms with Gasteiger partial charge < -0.3 is 19.0 Å². The number of ether oxygens (including phenoxy) is 3. The standard InChI is InChI=1S/C17H20O6/c1-12(19)22-15-8-9-17(16(20)21-2,13(10-15)11-18)23-14-6-4-3-5-7-14/h3-7,11,13,15H,8-10H2,1-2H3. The Morgan fingerprint density at radius 2 is 1.96 bits per heavy atom. The summed E-state index contributed by atoms with van der Waals surface area (Å²) in [6.07, 6.45) is 1.15. The fourth-order valence-corrected chi connectivity index (χ4v) is 2.95. The van der Waals surface area contributed by atoms with Gasteiger partial charge in [0.1, 0.15) is 18.1 Å². The van der Waals surface area contributed by atoms with Gasteiger partial charge in [-0.1, -0.05) is 18.2 Å². The van der Waals surface area contributed by atoms with E-state index in [4.69, 9.17) is 14.2 Å². The van der Waals surface area contributed by atoms with Crippen LogP contribution in [0.2, 0.25) is 0 Å². The highest BCUT2D eigenvalue weighted by Gasteiger charge is 2.53. The molecule has 0 radical (unpaired) electrons. The predicted molar refractivity (Wildman–Crippen MR) is 80.8 cm³/mol. The lowest BCUT2D eigenvalue weighted by Crippen LogP contribution is -2.56. The first-order chi connectivity index (χ1) is 11.0. The lowest BCUT2D eigenvalue weighted by Gasteiger charge is -2.41. The third-order valence-electron chi connectivity index (χ3n) is 4.02. The molecule has 2 rings (SSSR count). The van der Waals surface area contributed by atoms with E-state index in [-0.39, 0.29) is 12.8 Å². The smallest absolute Gasteiger partial charge is 0.350 e. The van der Waals surface area contributed by atoms with Gasteiger partial charge in [-0.3, -0.25) is 4.79 Å². The van der Waals surface area contributed by atoms with E-state index >= 15 is 0 Å². The maximum atomic E-state index is 12.4. The summed E-state index contributed by atoms with van der Waals surface area (Å²) in [5.74, 6) is -1.28. The minimum absolute atomic E-state index is 0.227. The molecule has 1 saturated carbocycles. The van der Waals surface area contributed by atoms with Crippen molar-refractivity contribution in [2.75, 3.05) is 7.11 Å². The number of rotatable bonds is 5. The van der Waals surface area contributed by atoms with Gasteiger partial charge in [-0.25, -0.2) is 4.79 Å². The quantitative estimate of drug-likeness (QED) is 0.609. The first kappa shape index (κ1) is 17.0. The molecule has 6 heteroatoms. The molecule has 1 aromatic carbocycles. The number of aldehydes is 1. The van der Waals surface area contributed by atoms with Crippen LogP contribution in [0.15, 0.2) is 30.3 Å². The van der Waals surface area contributed by atoms with E-state index in [0.29, 0.717) is 18.5 Å². The van der Waals surface area contributed by atoms with Gasteiger partial charge in [0.05, 0.1) is 13.0 Å². The lowest BCUT2D eigenvalue weighted by atomic mass is 9.74. The largest absolute Gasteiger partial charge is 0.475 e. The molecule has 0 bridgehead atoms. The molecule has 1 aliphatic rings. The fourth-order valence-electron chi connectivity index (χ4n) is 2.95. The molecule has 0 aliphatic heterocycles. The molecule has 3 atom stereocenters. The maximum Gasteiger partial charge on any atom is 0.350 e. The lowest BCUT2D eigenvalue weighted by molar-refractivity contribution is -0.175. The summed E-state index contributed by atoms with van der Waals surface area (Å²) in [7, 11) is 1.26. The summed E-state index contributed by atoms with van der Waals surface area (Å²) < 4.78 is 16.0. The third kappa shape index (κ3) is 3.70. The molecule has 0 spiro atoms. The first-order valence-corrected chi connectivity index (χ1v) is 7.47. The van der Waals surface area contributed by atoms with Gasteiger partial charge in [-0.15, -0.1) is 0 Å². The number of carbonyl (C=O) groups excluding carboxylic acids is 3. The van der Waals surface area contributed by atoms with Crippen LogP contribution >= 0.6 is 0 Å². The van der Waals surface area contributed by atoms with Gasteiger partial charge >= 0.3 is 11.9 Å². The number of benzene rings is 1. The van der Waals surface area contributed by atoms with Crippen LogP contribution in [0.5, 0.6) is 5.75 Å². The van der Waals surface area contributed by atoms with Gasteiger partial charge in [-0.2, -0.15) is 0 Å². The molecule has 6 nitrogen and oxygen atoms in total. The minimum Gasteiger partial charge on any atom is -0.475 e. The number of para-hydroxylation sites is 1. The Labute approximate surface area is 134 Å². The molecule has 23 heavy (non-hydrogen) atoms. The molecule has 0 amide bonds. The number of methoxy groups -OCH3 is 1. The maximum absolute atomic E-state index is 12.4. The highest BCUT2D eigenvalue weighted by Crippen LogP contribution is 2.39. The molecule has 1 aliphatic carbocycles. The summed E-state index contributed by atoms with van der Waals surface area (Å²) in [4.78, 5) is 35.1. The monoisotopic (exact) mass is 320 g/mol. The second-order valence-electron chi connectivity index (χ2n) is 5.54. The molecule has 1 aromatic rings. The van der Waals surface area contributed by atoms with Gasteiger partial charge in [0, 0.05) is 13.3 Å². The summed E-state index contributed by atoms with van der Waals surface area (Å²) in [5.41, 5.74) is -1.39. The van der Waals surface area contributed by atoms with Crippen molar-refractivity contribution in [1.29, 1.82) is 0 Å². The number of hydrogen-bond donors (Lipinski definition) is 0. The second kappa shape index (κ2) is 7.26. The van der Waals surface area contributed by atoms with E-state index < -0.39 is 29.6 Å². The molecule has 124 valence electrons. The van der Waals surface area contributed by atoms with Crippen LogP contribution in [-0.2, 0) is 23.9 Å². The Bertz CT molecular complexity index is 570. The van der Waals surface area contributed by atoms with Crippen molar-refractivity contribution in [2.24, 2.45) is 5.92 Å². The zero-order valence-corrected chi connectivity index (χ0v) is 13.2. The van der Waals surface area contributed by atoms with E-state index in [1.165, 1.54) is 14.0 Å². The van der Waals surface area contributed by atoms with Crippen molar-refractivity contribution >= 4 is 18.2 Å². The molecule has 3 unspecified atom stereocenters. The third-order valence-corrected chi connectivity index (χ3v) is 4.02. The summed E-state index contributed by atoms with van der Waals surface area (Å²) in [6.45, 7) is 1.32. The molecular formula is C17H20O6. The van der Waals surface area contributed by atoms with E-state index in [9.17, 15) is 14.4 Å². The second-order valence-corrected chi connectivity index (χ2v) is 5.54. The zero-order valence-electron chi connectivity index (χ0n) is 13.2. The average molecular weight is 320 g/mol. The summed E-state index contributed by atoms with van der Waals surface area (Å²) in [6, 6.07) is 8.81.